The van der Waals surface area contributed by atoms with Gasteiger partial charge in [0.2, 0.25) is 0 Å². The van der Waals surface area contributed by atoms with Gasteiger partial charge in [-0.25, -0.2) is 0 Å². The SMILES string of the molecule is CCC(O)c1ccc(Cc2ccc(OC)cc2)cc1. The molecule has 0 spiro atoms. The summed E-state index contributed by atoms with van der Waals surface area (Å²) in [5.41, 5.74) is 3.49. The minimum absolute atomic E-state index is 0.352. The molecule has 2 aromatic carbocycles. The van der Waals surface area contributed by atoms with E-state index in [1.807, 2.05) is 31.2 Å². The van der Waals surface area contributed by atoms with E-state index >= 15 is 0 Å². The molecule has 0 aliphatic carbocycles. The van der Waals surface area contributed by atoms with Gasteiger partial charge in [0, 0.05) is 0 Å². The van der Waals surface area contributed by atoms with Crippen molar-refractivity contribution < 1.29 is 9.84 Å². The van der Waals surface area contributed by atoms with Crippen molar-refractivity contribution in [2.75, 3.05) is 7.11 Å². The van der Waals surface area contributed by atoms with Gasteiger partial charge in [-0.3, -0.25) is 0 Å². The van der Waals surface area contributed by atoms with Crippen LogP contribution in [0.5, 0.6) is 5.75 Å². The molecule has 0 fully saturated rings. The molecule has 2 rings (SSSR count). The fourth-order valence-corrected chi connectivity index (χ4v) is 2.07. The van der Waals surface area contributed by atoms with E-state index in [1.54, 1.807) is 7.11 Å². The Morgan fingerprint density at radius 2 is 1.47 bits per heavy atom. The minimum Gasteiger partial charge on any atom is -0.497 e. The van der Waals surface area contributed by atoms with Crippen LogP contribution in [0.2, 0.25) is 0 Å². The van der Waals surface area contributed by atoms with E-state index in [-0.39, 0.29) is 6.10 Å². The third-order valence-electron chi connectivity index (χ3n) is 3.32. The van der Waals surface area contributed by atoms with Crippen LogP contribution in [0, 0.1) is 0 Å². The molecule has 0 heterocycles. The highest BCUT2D eigenvalue weighted by Crippen LogP contribution is 2.19. The molecule has 0 saturated heterocycles. The maximum Gasteiger partial charge on any atom is 0.118 e. The number of hydrogen-bond acceptors (Lipinski definition) is 2. The van der Waals surface area contributed by atoms with E-state index in [1.165, 1.54) is 11.1 Å². The van der Waals surface area contributed by atoms with Gasteiger partial charge in [-0.1, -0.05) is 43.3 Å². The van der Waals surface area contributed by atoms with Crippen LogP contribution in [-0.4, -0.2) is 12.2 Å². The summed E-state index contributed by atoms with van der Waals surface area (Å²) in [6, 6.07) is 16.3. The second-order valence-electron chi connectivity index (χ2n) is 4.69. The van der Waals surface area contributed by atoms with E-state index in [4.69, 9.17) is 4.74 Å². The van der Waals surface area contributed by atoms with Crippen molar-refractivity contribution in [1.29, 1.82) is 0 Å². The molecule has 0 bridgehead atoms. The van der Waals surface area contributed by atoms with Crippen LogP contribution in [-0.2, 0) is 6.42 Å². The van der Waals surface area contributed by atoms with E-state index in [0.29, 0.717) is 0 Å². The highest BCUT2D eigenvalue weighted by Gasteiger charge is 2.04. The van der Waals surface area contributed by atoms with Gasteiger partial charge in [-0.15, -0.1) is 0 Å². The largest absolute Gasteiger partial charge is 0.497 e. The number of ether oxygens (including phenoxy) is 1. The molecule has 2 heteroatoms. The lowest BCUT2D eigenvalue weighted by Gasteiger charge is -2.09. The Labute approximate surface area is 114 Å². The Bertz CT molecular complexity index is 500. The van der Waals surface area contributed by atoms with Crippen molar-refractivity contribution in [3.8, 4) is 5.75 Å². The van der Waals surface area contributed by atoms with Gasteiger partial charge in [0.1, 0.15) is 5.75 Å². The van der Waals surface area contributed by atoms with Crippen LogP contribution in [0.3, 0.4) is 0 Å². The number of rotatable bonds is 5. The van der Waals surface area contributed by atoms with Gasteiger partial charge in [-0.2, -0.15) is 0 Å². The number of aliphatic hydroxyl groups is 1. The Balaban J connectivity index is 2.06. The molecule has 0 saturated carbocycles. The lowest BCUT2D eigenvalue weighted by atomic mass is 10.0. The lowest BCUT2D eigenvalue weighted by Crippen LogP contribution is -1.95. The van der Waals surface area contributed by atoms with Crippen molar-refractivity contribution in [2.24, 2.45) is 0 Å². The molecule has 2 nitrogen and oxygen atoms in total. The Morgan fingerprint density at radius 3 is 1.95 bits per heavy atom. The van der Waals surface area contributed by atoms with Crippen molar-refractivity contribution in [1.82, 2.24) is 0 Å². The summed E-state index contributed by atoms with van der Waals surface area (Å²) < 4.78 is 5.15. The Kier molecular flexibility index (Phi) is 4.58. The molecule has 2 aromatic rings. The quantitative estimate of drug-likeness (QED) is 0.883. The first-order valence-corrected chi connectivity index (χ1v) is 6.62. The molecule has 1 unspecified atom stereocenters. The third kappa shape index (κ3) is 3.58. The summed E-state index contributed by atoms with van der Waals surface area (Å²) >= 11 is 0. The molecule has 0 aromatic heterocycles. The molecular formula is C17H20O2. The zero-order valence-corrected chi connectivity index (χ0v) is 11.5. The van der Waals surface area contributed by atoms with Gasteiger partial charge in [0.05, 0.1) is 13.2 Å². The molecule has 1 atom stereocenters. The maximum absolute atomic E-state index is 9.75. The molecule has 0 aliphatic rings. The highest BCUT2D eigenvalue weighted by molar-refractivity contribution is 5.32. The van der Waals surface area contributed by atoms with E-state index in [2.05, 4.69) is 24.3 Å². The van der Waals surface area contributed by atoms with E-state index < -0.39 is 0 Å². The summed E-state index contributed by atoms with van der Waals surface area (Å²) in [7, 11) is 1.67. The average molecular weight is 256 g/mol. The zero-order valence-electron chi connectivity index (χ0n) is 11.5. The van der Waals surface area contributed by atoms with Crippen LogP contribution in [0.15, 0.2) is 48.5 Å². The molecule has 19 heavy (non-hydrogen) atoms. The van der Waals surface area contributed by atoms with Crippen LogP contribution < -0.4 is 4.74 Å². The molecular weight excluding hydrogens is 236 g/mol. The number of methoxy groups -OCH3 is 1. The Hall–Kier alpha value is -1.80. The summed E-state index contributed by atoms with van der Waals surface area (Å²) in [6.45, 7) is 1.98. The molecule has 0 amide bonds. The summed E-state index contributed by atoms with van der Waals surface area (Å²) in [4.78, 5) is 0. The fraction of sp³-hybridized carbons (Fsp3) is 0.294. The van der Waals surface area contributed by atoms with Crippen LogP contribution in [0.4, 0.5) is 0 Å². The highest BCUT2D eigenvalue weighted by atomic mass is 16.5. The lowest BCUT2D eigenvalue weighted by molar-refractivity contribution is 0.173. The minimum atomic E-state index is -0.352. The average Bonchev–Trinajstić information content (AvgIpc) is 2.48. The first-order valence-electron chi connectivity index (χ1n) is 6.62. The van der Waals surface area contributed by atoms with Crippen LogP contribution in [0.25, 0.3) is 0 Å². The van der Waals surface area contributed by atoms with Crippen molar-refractivity contribution in [3.63, 3.8) is 0 Å². The van der Waals surface area contributed by atoms with Crippen molar-refractivity contribution in [3.05, 3.63) is 65.2 Å². The molecule has 1 N–H and O–H groups in total. The summed E-state index contributed by atoms with van der Waals surface area (Å²) in [6.07, 6.45) is 1.29. The van der Waals surface area contributed by atoms with Crippen molar-refractivity contribution in [2.45, 2.75) is 25.9 Å². The number of benzene rings is 2. The van der Waals surface area contributed by atoms with Gasteiger partial charge in [0.25, 0.3) is 0 Å². The maximum atomic E-state index is 9.75. The van der Waals surface area contributed by atoms with Crippen molar-refractivity contribution >= 4 is 0 Å². The topological polar surface area (TPSA) is 29.5 Å². The predicted molar refractivity (Wildman–Crippen MR) is 77.5 cm³/mol. The Morgan fingerprint density at radius 1 is 0.947 bits per heavy atom. The van der Waals surface area contributed by atoms with Gasteiger partial charge in [-0.05, 0) is 41.7 Å². The first kappa shape index (κ1) is 13.6. The molecule has 0 radical (unpaired) electrons. The smallest absolute Gasteiger partial charge is 0.118 e. The molecule has 100 valence electrons. The summed E-state index contributed by atoms with van der Waals surface area (Å²) in [5.74, 6) is 0.880. The van der Waals surface area contributed by atoms with E-state index in [0.717, 1.165) is 24.2 Å². The number of aliphatic hydroxyl groups excluding tert-OH is 1. The predicted octanol–water partition coefficient (Wildman–Crippen LogP) is 3.73. The monoisotopic (exact) mass is 256 g/mol. The standard InChI is InChI=1S/C17H20O2/c1-3-17(18)15-8-4-13(5-9-15)12-14-6-10-16(19-2)11-7-14/h4-11,17-18H,3,12H2,1-2H3. The second kappa shape index (κ2) is 6.39. The number of hydrogen-bond donors (Lipinski definition) is 1. The van der Waals surface area contributed by atoms with Crippen LogP contribution >= 0.6 is 0 Å². The summed E-state index contributed by atoms with van der Waals surface area (Å²) in [5, 5.41) is 9.75. The van der Waals surface area contributed by atoms with Crippen LogP contribution in [0.1, 0.15) is 36.1 Å². The van der Waals surface area contributed by atoms with E-state index in [9.17, 15) is 5.11 Å². The van der Waals surface area contributed by atoms with Gasteiger partial charge in [0.15, 0.2) is 0 Å². The van der Waals surface area contributed by atoms with Gasteiger partial charge >= 0.3 is 0 Å². The third-order valence-corrected chi connectivity index (χ3v) is 3.32. The first-order chi connectivity index (χ1) is 9.22. The second-order valence-corrected chi connectivity index (χ2v) is 4.69. The fourth-order valence-electron chi connectivity index (χ4n) is 2.07. The molecule has 0 aliphatic heterocycles. The zero-order chi connectivity index (χ0) is 13.7. The normalized spacial score (nSPS) is 12.2. The van der Waals surface area contributed by atoms with Gasteiger partial charge < -0.3 is 9.84 Å².